The quantitative estimate of drug-likeness (QED) is 0.872. The van der Waals surface area contributed by atoms with Gasteiger partial charge in [-0.15, -0.1) is 0 Å². The standard InChI is InChI=1S/C11H10BrClN2O3S/c12-9-5-8(19(14,16)17)2-3-10(9)15-6-7-1-4-11(13)18-7/h1-5,15H,6H2,(H2,14,16,17). The number of nitrogens with one attached hydrogen (secondary N) is 1. The van der Waals surface area contributed by atoms with Gasteiger partial charge < -0.3 is 9.73 Å². The van der Waals surface area contributed by atoms with Crippen molar-refractivity contribution in [3.8, 4) is 0 Å². The average molecular weight is 366 g/mol. The van der Waals surface area contributed by atoms with Crippen LogP contribution in [0.3, 0.4) is 0 Å². The van der Waals surface area contributed by atoms with E-state index in [1.807, 2.05) is 0 Å². The van der Waals surface area contributed by atoms with Crippen LogP contribution in [0.15, 0.2) is 44.1 Å². The Labute approximate surface area is 123 Å². The zero-order valence-electron chi connectivity index (χ0n) is 9.56. The van der Waals surface area contributed by atoms with Gasteiger partial charge >= 0.3 is 0 Å². The molecule has 0 saturated carbocycles. The number of primary sulfonamides is 1. The second-order valence-electron chi connectivity index (χ2n) is 3.75. The summed E-state index contributed by atoms with van der Waals surface area (Å²) in [6.07, 6.45) is 0. The van der Waals surface area contributed by atoms with Crippen LogP contribution < -0.4 is 10.5 Å². The van der Waals surface area contributed by atoms with Crippen LogP contribution in [0, 0.1) is 0 Å². The van der Waals surface area contributed by atoms with E-state index in [0.717, 1.165) is 5.69 Å². The average Bonchev–Trinajstić information content (AvgIpc) is 2.72. The van der Waals surface area contributed by atoms with Gasteiger partial charge in [-0.05, 0) is 57.9 Å². The van der Waals surface area contributed by atoms with Crippen molar-refractivity contribution in [1.82, 2.24) is 0 Å². The lowest BCUT2D eigenvalue weighted by Gasteiger charge is -2.08. The van der Waals surface area contributed by atoms with E-state index >= 15 is 0 Å². The molecule has 0 unspecified atom stereocenters. The van der Waals surface area contributed by atoms with Gasteiger partial charge in [-0.1, -0.05) is 0 Å². The van der Waals surface area contributed by atoms with E-state index in [-0.39, 0.29) is 4.90 Å². The lowest BCUT2D eigenvalue weighted by atomic mass is 10.3. The Balaban J connectivity index is 2.14. The first kappa shape index (κ1) is 14.4. The van der Waals surface area contributed by atoms with E-state index in [2.05, 4.69) is 21.2 Å². The Morgan fingerprint density at radius 3 is 2.58 bits per heavy atom. The molecule has 0 aliphatic carbocycles. The zero-order chi connectivity index (χ0) is 14.0. The topological polar surface area (TPSA) is 85.3 Å². The van der Waals surface area contributed by atoms with Crippen LogP contribution in [0.25, 0.3) is 0 Å². The highest BCUT2D eigenvalue weighted by atomic mass is 79.9. The summed E-state index contributed by atoms with van der Waals surface area (Å²) < 4.78 is 28.2. The van der Waals surface area contributed by atoms with Crippen molar-refractivity contribution in [2.24, 2.45) is 5.14 Å². The molecule has 5 nitrogen and oxygen atoms in total. The fourth-order valence-corrected chi connectivity index (χ4v) is 2.82. The van der Waals surface area contributed by atoms with E-state index in [4.69, 9.17) is 21.2 Å². The second kappa shape index (κ2) is 5.54. The Morgan fingerprint density at radius 1 is 1.32 bits per heavy atom. The van der Waals surface area contributed by atoms with Gasteiger partial charge in [-0.2, -0.15) is 0 Å². The molecule has 19 heavy (non-hydrogen) atoms. The maximum atomic E-state index is 11.2. The van der Waals surface area contributed by atoms with Crippen LogP contribution in [0.4, 0.5) is 5.69 Å². The highest BCUT2D eigenvalue weighted by molar-refractivity contribution is 9.10. The largest absolute Gasteiger partial charge is 0.448 e. The molecule has 0 amide bonds. The maximum Gasteiger partial charge on any atom is 0.238 e. The van der Waals surface area contributed by atoms with E-state index in [0.29, 0.717) is 22.0 Å². The highest BCUT2D eigenvalue weighted by Crippen LogP contribution is 2.26. The summed E-state index contributed by atoms with van der Waals surface area (Å²) in [5, 5.41) is 8.45. The van der Waals surface area contributed by atoms with E-state index in [1.165, 1.54) is 12.1 Å². The molecule has 0 bridgehead atoms. The Bertz CT molecular complexity index is 700. The molecule has 0 fully saturated rings. The van der Waals surface area contributed by atoms with Crippen molar-refractivity contribution < 1.29 is 12.8 Å². The predicted octanol–water partition coefficient (Wildman–Crippen LogP) is 2.96. The van der Waals surface area contributed by atoms with Crippen molar-refractivity contribution in [2.75, 3.05) is 5.32 Å². The third-order valence-electron chi connectivity index (χ3n) is 2.35. The van der Waals surface area contributed by atoms with Gasteiger partial charge in [0.25, 0.3) is 0 Å². The molecule has 102 valence electrons. The van der Waals surface area contributed by atoms with Gasteiger partial charge in [-0.3, -0.25) is 0 Å². The van der Waals surface area contributed by atoms with Crippen molar-refractivity contribution >= 4 is 43.2 Å². The molecule has 2 rings (SSSR count). The number of rotatable bonds is 4. The summed E-state index contributed by atoms with van der Waals surface area (Å²) in [6.45, 7) is 0.431. The first-order valence-corrected chi connectivity index (χ1v) is 7.88. The maximum absolute atomic E-state index is 11.2. The SMILES string of the molecule is NS(=O)(=O)c1ccc(NCc2ccc(Cl)o2)c(Br)c1. The molecule has 0 atom stereocenters. The van der Waals surface area contributed by atoms with Crippen molar-refractivity contribution in [1.29, 1.82) is 0 Å². The summed E-state index contributed by atoms with van der Waals surface area (Å²) in [5.41, 5.74) is 0.722. The molecule has 0 spiro atoms. The number of sulfonamides is 1. The van der Waals surface area contributed by atoms with E-state index < -0.39 is 10.0 Å². The summed E-state index contributed by atoms with van der Waals surface area (Å²) in [7, 11) is -3.70. The molecule has 1 heterocycles. The van der Waals surface area contributed by atoms with E-state index in [9.17, 15) is 8.42 Å². The third-order valence-corrected chi connectivity index (χ3v) is 4.12. The lowest BCUT2D eigenvalue weighted by molar-refractivity contribution is 0.520. The van der Waals surface area contributed by atoms with Crippen molar-refractivity contribution in [3.05, 3.63) is 45.8 Å². The van der Waals surface area contributed by atoms with Gasteiger partial charge in [0.1, 0.15) is 5.76 Å². The Morgan fingerprint density at radius 2 is 2.05 bits per heavy atom. The monoisotopic (exact) mass is 364 g/mol. The summed E-state index contributed by atoms with van der Waals surface area (Å²) in [5.74, 6) is 0.674. The molecule has 2 aromatic rings. The first-order chi connectivity index (χ1) is 8.86. The first-order valence-electron chi connectivity index (χ1n) is 5.17. The molecule has 0 saturated heterocycles. The van der Waals surface area contributed by atoms with Gasteiger partial charge in [0.2, 0.25) is 10.0 Å². The number of furan rings is 1. The van der Waals surface area contributed by atoms with Gasteiger partial charge in [-0.25, -0.2) is 13.6 Å². The molecule has 8 heteroatoms. The number of nitrogens with two attached hydrogens (primary N) is 1. The molecule has 0 aliphatic rings. The van der Waals surface area contributed by atoms with Gasteiger partial charge in [0.15, 0.2) is 5.22 Å². The second-order valence-corrected chi connectivity index (χ2v) is 6.53. The molecule has 1 aromatic heterocycles. The highest BCUT2D eigenvalue weighted by Gasteiger charge is 2.10. The van der Waals surface area contributed by atoms with Gasteiger partial charge in [0.05, 0.1) is 11.4 Å². The third kappa shape index (κ3) is 3.73. The van der Waals surface area contributed by atoms with Gasteiger partial charge in [0, 0.05) is 10.2 Å². The summed E-state index contributed by atoms with van der Waals surface area (Å²) in [4.78, 5) is 0.0472. The number of halogens is 2. The number of anilines is 1. The molecular formula is C11H10BrClN2O3S. The summed E-state index contributed by atoms with van der Waals surface area (Å²) in [6, 6.07) is 7.89. The van der Waals surface area contributed by atoms with Crippen LogP contribution in [-0.2, 0) is 16.6 Å². The summed E-state index contributed by atoms with van der Waals surface area (Å²) >= 11 is 8.94. The normalized spacial score (nSPS) is 11.5. The number of hydrogen-bond acceptors (Lipinski definition) is 4. The lowest BCUT2D eigenvalue weighted by Crippen LogP contribution is -2.12. The minimum atomic E-state index is -3.70. The number of benzene rings is 1. The van der Waals surface area contributed by atoms with E-state index in [1.54, 1.807) is 18.2 Å². The number of hydrogen-bond donors (Lipinski definition) is 2. The Hall–Kier alpha value is -1.02. The predicted molar refractivity (Wildman–Crippen MR) is 76.6 cm³/mol. The zero-order valence-corrected chi connectivity index (χ0v) is 12.7. The molecular weight excluding hydrogens is 356 g/mol. The van der Waals surface area contributed by atoms with Crippen molar-refractivity contribution in [3.63, 3.8) is 0 Å². The van der Waals surface area contributed by atoms with Crippen LogP contribution in [0.5, 0.6) is 0 Å². The minimum absolute atomic E-state index is 0.0472. The molecule has 0 radical (unpaired) electrons. The van der Waals surface area contributed by atoms with Crippen molar-refractivity contribution in [2.45, 2.75) is 11.4 Å². The van der Waals surface area contributed by atoms with Crippen LogP contribution in [0.2, 0.25) is 5.22 Å². The minimum Gasteiger partial charge on any atom is -0.448 e. The fourth-order valence-electron chi connectivity index (χ4n) is 1.45. The van der Waals surface area contributed by atoms with Crippen LogP contribution in [0.1, 0.15) is 5.76 Å². The fraction of sp³-hybridized carbons (Fsp3) is 0.0909. The molecule has 1 aromatic carbocycles. The molecule has 0 aliphatic heterocycles. The van der Waals surface area contributed by atoms with Crippen LogP contribution in [-0.4, -0.2) is 8.42 Å². The van der Waals surface area contributed by atoms with Crippen LogP contribution >= 0.6 is 27.5 Å². The smallest absolute Gasteiger partial charge is 0.238 e. The Kier molecular flexibility index (Phi) is 4.19. The molecule has 3 N–H and O–H groups in total.